The van der Waals surface area contributed by atoms with Crippen LogP contribution in [0.25, 0.3) is 0 Å². The van der Waals surface area contributed by atoms with Crippen LogP contribution in [0, 0.1) is 6.92 Å². The van der Waals surface area contributed by atoms with Gasteiger partial charge in [0.05, 0.1) is 11.6 Å². The smallest absolute Gasteiger partial charge is 0.244 e. The van der Waals surface area contributed by atoms with Crippen molar-refractivity contribution in [2.24, 2.45) is 0 Å². The second-order valence-electron chi connectivity index (χ2n) is 5.75. The van der Waals surface area contributed by atoms with E-state index < -0.39 is 5.54 Å². The minimum Gasteiger partial charge on any atom is -0.491 e. The first-order chi connectivity index (χ1) is 9.26. The number of rotatable bonds is 6. The van der Waals surface area contributed by atoms with E-state index in [0.29, 0.717) is 0 Å². The van der Waals surface area contributed by atoms with E-state index in [1.165, 1.54) is 0 Å². The van der Waals surface area contributed by atoms with Gasteiger partial charge in [-0.2, -0.15) is 0 Å². The summed E-state index contributed by atoms with van der Waals surface area (Å²) in [5.41, 5.74) is 1.22. The van der Waals surface area contributed by atoms with E-state index in [1.807, 2.05) is 59.7 Å². The van der Waals surface area contributed by atoms with E-state index in [4.69, 9.17) is 4.74 Å². The largest absolute Gasteiger partial charge is 0.491 e. The zero-order valence-electron chi connectivity index (χ0n) is 13.3. The highest BCUT2D eigenvalue weighted by atomic mass is 16.5. The van der Waals surface area contributed by atoms with Crippen molar-refractivity contribution in [1.82, 2.24) is 5.32 Å². The SMILES string of the molecule is CCNC(C)(C)C(=O)Nc1ccc(OC(C)C)cc1C. The number of likely N-dealkylation sites (N-methyl/N-ethyl adjacent to an activating group) is 1. The summed E-state index contributed by atoms with van der Waals surface area (Å²) in [7, 11) is 0. The third-order valence-corrected chi connectivity index (χ3v) is 3.00. The number of amides is 1. The highest BCUT2D eigenvalue weighted by molar-refractivity contribution is 5.98. The van der Waals surface area contributed by atoms with Gasteiger partial charge in [-0.25, -0.2) is 0 Å². The van der Waals surface area contributed by atoms with Gasteiger partial charge in [0.2, 0.25) is 5.91 Å². The molecular formula is C16H26N2O2. The Labute approximate surface area is 121 Å². The first-order valence-corrected chi connectivity index (χ1v) is 7.10. The molecule has 4 nitrogen and oxygen atoms in total. The Bertz CT molecular complexity index is 468. The molecule has 0 aromatic heterocycles. The van der Waals surface area contributed by atoms with Crippen molar-refractivity contribution >= 4 is 11.6 Å². The topological polar surface area (TPSA) is 50.4 Å². The molecule has 20 heavy (non-hydrogen) atoms. The maximum absolute atomic E-state index is 12.2. The van der Waals surface area contributed by atoms with Gasteiger partial charge in [-0.05, 0) is 64.9 Å². The van der Waals surface area contributed by atoms with Gasteiger partial charge in [0.25, 0.3) is 0 Å². The van der Waals surface area contributed by atoms with Crippen LogP contribution >= 0.6 is 0 Å². The molecule has 0 bridgehead atoms. The van der Waals surface area contributed by atoms with Crippen molar-refractivity contribution in [2.75, 3.05) is 11.9 Å². The summed E-state index contributed by atoms with van der Waals surface area (Å²) in [5, 5.41) is 6.12. The van der Waals surface area contributed by atoms with E-state index in [0.717, 1.165) is 23.5 Å². The second-order valence-corrected chi connectivity index (χ2v) is 5.75. The van der Waals surface area contributed by atoms with Crippen molar-refractivity contribution in [2.45, 2.75) is 53.2 Å². The molecule has 112 valence electrons. The first-order valence-electron chi connectivity index (χ1n) is 7.10. The van der Waals surface area contributed by atoms with Gasteiger partial charge in [-0.3, -0.25) is 4.79 Å². The number of hydrogen-bond acceptors (Lipinski definition) is 3. The molecule has 1 aromatic carbocycles. The lowest BCUT2D eigenvalue weighted by Crippen LogP contribution is -2.49. The molecule has 0 aliphatic heterocycles. The Balaban J connectivity index is 2.81. The monoisotopic (exact) mass is 278 g/mol. The first kappa shape index (κ1) is 16.5. The fourth-order valence-corrected chi connectivity index (χ4v) is 1.92. The van der Waals surface area contributed by atoms with Gasteiger partial charge in [0.15, 0.2) is 0 Å². The molecule has 0 heterocycles. The summed E-state index contributed by atoms with van der Waals surface area (Å²) < 4.78 is 5.64. The minimum absolute atomic E-state index is 0.0417. The van der Waals surface area contributed by atoms with E-state index in [9.17, 15) is 4.79 Å². The number of anilines is 1. The molecule has 4 heteroatoms. The predicted molar refractivity (Wildman–Crippen MR) is 83.3 cm³/mol. The molecule has 0 aliphatic rings. The minimum atomic E-state index is -0.589. The van der Waals surface area contributed by atoms with Crippen LogP contribution in [0.3, 0.4) is 0 Å². The number of nitrogens with one attached hydrogen (secondary N) is 2. The quantitative estimate of drug-likeness (QED) is 0.840. The summed E-state index contributed by atoms with van der Waals surface area (Å²) in [6.45, 7) is 12.4. The van der Waals surface area contributed by atoms with Crippen molar-refractivity contribution in [3.8, 4) is 5.75 Å². The Morgan fingerprint density at radius 3 is 2.50 bits per heavy atom. The van der Waals surface area contributed by atoms with Gasteiger partial charge in [0.1, 0.15) is 5.75 Å². The van der Waals surface area contributed by atoms with Crippen LogP contribution in [-0.2, 0) is 4.79 Å². The zero-order valence-corrected chi connectivity index (χ0v) is 13.3. The summed E-state index contributed by atoms with van der Waals surface area (Å²) >= 11 is 0. The predicted octanol–water partition coefficient (Wildman–Crippen LogP) is 3.11. The normalized spacial score (nSPS) is 11.6. The number of aryl methyl sites for hydroxylation is 1. The van der Waals surface area contributed by atoms with Gasteiger partial charge < -0.3 is 15.4 Å². The van der Waals surface area contributed by atoms with Gasteiger partial charge in [-0.1, -0.05) is 6.92 Å². The standard InChI is InChI=1S/C16H26N2O2/c1-7-17-16(5,6)15(19)18-14-9-8-13(10-12(14)4)20-11(2)3/h8-11,17H,7H2,1-6H3,(H,18,19). The lowest BCUT2D eigenvalue weighted by atomic mass is 10.0. The lowest BCUT2D eigenvalue weighted by Gasteiger charge is -2.25. The van der Waals surface area contributed by atoms with Gasteiger partial charge in [0, 0.05) is 5.69 Å². The average Bonchev–Trinajstić information content (AvgIpc) is 2.31. The Morgan fingerprint density at radius 1 is 1.35 bits per heavy atom. The highest BCUT2D eigenvalue weighted by Gasteiger charge is 2.26. The summed E-state index contributed by atoms with van der Waals surface area (Å²) in [6, 6.07) is 5.70. The number of benzene rings is 1. The molecule has 0 saturated carbocycles. The second kappa shape index (κ2) is 6.75. The molecule has 0 unspecified atom stereocenters. The highest BCUT2D eigenvalue weighted by Crippen LogP contribution is 2.23. The number of ether oxygens (including phenoxy) is 1. The van der Waals surface area contributed by atoms with E-state index >= 15 is 0 Å². The molecule has 0 radical (unpaired) electrons. The Kier molecular flexibility index (Phi) is 5.57. The number of hydrogen-bond donors (Lipinski definition) is 2. The van der Waals surface area contributed by atoms with Crippen molar-refractivity contribution < 1.29 is 9.53 Å². The Hall–Kier alpha value is -1.55. The van der Waals surface area contributed by atoms with Crippen LogP contribution < -0.4 is 15.4 Å². The van der Waals surface area contributed by atoms with E-state index in [1.54, 1.807) is 0 Å². The van der Waals surface area contributed by atoms with Crippen molar-refractivity contribution in [3.63, 3.8) is 0 Å². The maximum atomic E-state index is 12.2. The molecule has 1 aromatic rings. The molecule has 0 aliphatic carbocycles. The summed E-state index contributed by atoms with van der Waals surface area (Å²) in [4.78, 5) is 12.2. The van der Waals surface area contributed by atoms with Gasteiger partial charge in [-0.15, -0.1) is 0 Å². The molecule has 0 atom stereocenters. The van der Waals surface area contributed by atoms with Crippen LogP contribution in [0.1, 0.15) is 40.2 Å². The lowest BCUT2D eigenvalue weighted by molar-refractivity contribution is -0.121. The fourth-order valence-electron chi connectivity index (χ4n) is 1.92. The average molecular weight is 278 g/mol. The Morgan fingerprint density at radius 2 is 2.00 bits per heavy atom. The van der Waals surface area contributed by atoms with Crippen molar-refractivity contribution in [3.05, 3.63) is 23.8 Å². The molecule has 1 rings (SSSR count). The maximum Gasteiger partial charge on any atom is 0.244 e. The molecule has 2 N–H and O–H groups in total. The van der Waals surface area contributed by atoms with Crippen LogP contribution in [0.4, 0.5) is 5.69 Å². The summed E-state index contributed by atoms with van der Waals surface area (Å²) in [5.74, 6) is 0.779. The molecule has 0 fully saturated rings. The molecule has 0 saturated heterocycles. The third-order valence-electron chi connectivity index (χ3n) is 3.00. The van der Waals surface area contributed by atoms with E-state index in [2.05, 4.69) is 10.6 Å². The molecular weight excluding hydrogens is 252 g/mol. The van der Waals surface area contributed by atoms with Gasteiger partial charge >= 0.3 is 0 Å². The van der Waals surface area contributed by atoms with Crippen LogP contribution in [0.15, 0.2) is 18.2 Å². The zero-order chi connectivity index (χ0) is 15.3. The van der Waals surface area contributed by atoms with Crippen LogP contribution in [-0.4, -0.2) is 24.1 Å². The van der Waals surface area contributed by atoms with Crippen LogP contribution in [0.2, 0.25) is 0 Å². The molecule has 0 spiro atoms. The molecule has 1 amide bonds. The summed E-state index contributed by atoms with van der Waals surface area (Å²) in [6.07, 6.45) is 0.141. The fraction of sp³-hybridized carbons (Fsp3) is 0.562. The van der Waals surface area contributed by atoms with E-state index in [-0.39, 0.29) is 12.0 Å². The number of carbonyl (C=O) groups is 1. The number of carbonyl (C=O) groups excluding carboxylic acids is 1. The third kappa shape index (κ3) is 4.53. The van der Waals surface area contributed by atoms with Crippen LogP contribution in [0.5, 0.6) is 5.75 Å². The van der Waals surface area contributed by atoms with Crippen molar-refractivity contribution in [1.29, 1.82) is 0 Å².